The van der Waals surface area contributed by atoms with Gasteiger partial charge in [-0.2, -0.15) is 10.1 Å². The highest BCUT2D eigenvalue weighted by Crippen LogP contribution is 2.50. The summed E-state index contributed by atoms with van der Waals surface area (Å²) in [5, 5.41) is 9.08. The molecule has 0 saturated carbocycles. The van der Waals surface area contributed by atoms with E-state index in [-0.39, 0.29) is 17.2 Å². The molecule has 0 bridgehead atoms. The number of rotatable bonds is 4. The molecule has 12 heteroatoms. The van der Waals surface area contributed by atoms with Crippen molar-refractivity contribution in [1.82, 2.24) is 25.1 Å². The molecule has 5 N–H and O–H groups in total. The number of nitrogens with zero attached hydrogens (tertiary/aromatic N) is 5. The van der Waals surface area contributed by atoms with E-state index in [9.17, 15) is 4.79 Å². The Morgan fingerprint density at radius 2 is 1.97 bits per heavy atom. The summed E-state index contributed by atoms with van der Waals surface area (Å²) >= 11 is 13.8. The smallest absolute Gasteiger partial charge is 0.268 e. The van der Waals surface area contributed by atoms with E-state index in [2.05, 4.69) is 31.1 Å². The molecule has 1 spiro atoms. The molecule has 1 aliphatic carbocycles. The number of H-pyrrole nitrogens is 1. The number of anilines is 1. The van der Waals surface area contributed by atoms with Gasteiger partial charge in [-0.05, 0) is 48.4 Å². The van der Waals surface area contributed by atoms with Crippen molar-refractivity contribution in [3.05, 3.63) is 63.5 Å². The Hall–Kier alpha value is -2.92. The minimum absolute atomic E-state index is 0.0299. The molecular formula is C24H22Cl2N8OS. The third kappa shape index (κ3) is 3.80. The van der Waals surface area contributed by atoms with Gasteiger partial charge >= 0.3 is 0 Å². The Labute approximate surface area is 221 Å². The van der Waals surface area contributed by atoms with Crippen LogP contribution in [0, 0.1) is 5.41 Å². The van der Waals surface area contributed by atoms with Crippen LogP contribution < -0.4 is 16.4 Å². The van der Waals surface area contributed by atoms with Crippen molar-refractivity contribution in [2.24, 2.45) is 16.9 Å². The van der Waals surface area contributed by atoms with Gasteiger partial charge in [-0.1, -0.05) is 47.1 Å². The van der Waals surface area contributed by atoms with Gasteiger partial charge in [0.25, 0.3) is 5.91 Å². The van der Waals surface area contributed by atoms with Crippen molar-refractivity contribution in [2.75, 3.05) is 18.0 Å². The van der Waals surface area contributed by atoms with Crippen LogP contribution in [0.5, 0.6) is 0 Å². The van der Waals surface area contributed by atoms with E-state index in [0.717, 1.165) is 30.5 Å². The summed E-state index contributed by atoms with van der Waals surface area (Å²) in [4.78, 5) is 29.0. The Morgan fingerprint density at radius 1 is 1.17 bits per heavy atom. The number of hydrogen-bond acceptors (Lipinski definition) is 8. The van der Waals surface area contributed by atoms with Crippen LogP contribution in [0.4, 0.5) is 5.95 Å². The molecule has 1 aromatic carbocycles. The van der Waals surface area contributed by atoms with Gasteiger partial charge in [-0.25, -0.2) is 4.98 Å². The maximum Gasteiger partial charge on any atom is 0.268 e. The number of aromatic nitrogens is 5. The lowest BCUT2D eigenvalue weighted by Gasteiger charge is -2.42. The lowest BCUT2D eigenvalue weighted by molar-refractivity contribution is 0.0997. The number of primary amides is 1. The summed E-state index contributed by atoms with van der Waals surface area (Å²) in [5.74, 6) is -0.216. The Kier molecular flexibility index (Phi) is 5.79. The van der Waals surface area contributed by atoms with Crippen LogP contribution >= 0.6 is 35.0 Å². The quantitative estimate of drug-likeness (QED) is 0.350. The predicted octanol–water partition coefficient (Wildman–Crippen LogP) is 4.15. The predicted molar refractivity (Wildman–Crippen MR) is 140 cm³/mol. The molecule has 1 amide bonds. The minimum atomic E-state index is -0.656. The van der Waals surface area contributed by atoms with Gasteiger partial charge in [-0.3, -0.25) is 14.9 Å². The van der Waals surface area contributed by atoms with Gasteiger partial charge in [0.15, 0.2) is 5.65 Å². The van der Waals surface area contributed by atoms with Gasteiger partial charge in [0.05, 0.1) is 15.4 Å². The topological polar surface area (TPSA) is 140 Å². The number of aromatic amines is 1. The molecule has 1 saturated heterocycles. The highest BCUT2D eigenvalue weighted by molar-refractivity contribution is 7.99. The standard InChI is InChI=1S/C24H22Cl2N8OS/c25-13-4-1-5-15(17(13)26)36-22-16-18(20(28)35)30-23(31-21(16)32-33-22)34-9-6-24(7-10-34)11-14-12(19(24)27)3-2-8-29-14/h1-5,8,19H,6-7,9-11,27H2,(H2,28,35)(H,30,31,32,33)/t19-/m1/s1. The molecule has 6 rings (SSSR count). The number of pyridine rings is 1. The van der Waals surface area contributed by atoms with Crippen molar-refractivity contribution < 1.29 is 4.79 Å². The van der Waals surface area contributed by atoms with Gasteiger partial charge in [0.2, 0.25) is 5.95 Å². The second-order valence-electron chi connectivity index (χ2n) is 9.19. The zero-order valence-corrected chi connectivity index (χ0v) is 21.4. The van der Waals surface area contributed by atoms with E-state index in [1.165, 1.54) is 11.8 Å². The molecule has 9 nitrogen and oxygen atoms in total. The lowest BCUT2D eigenvalue weighted by atomic mass is 9.73. The first-order chi connectivity index (χ1) is 17.4. The highest BCUT2D eigenvalue weighted by Gasteiger charge is 2.46. The fourth-order valence-corrected chi connectivity index (χ4v) is 6.66. The molecule has 0 radical (unpaired) electrons. The van der Waals surface area contributed by atoms with Crippen LogP contribution in [0.1, 0.15) is 40.6 Å². The fraction of sp³-hybridized carbons (Fsp3) is 0.292. The van der Waals surface area contributed by atoms with E-state index in [1.54, 1.807) is 12.1 Å². The molecule has 1 aliphatic heterocycles. The molecular weight excluding hydrogens is 519 g/mol. The number of carbonyl (C=O) groups is 1. The molecule has 36 heavy (non-hydrogen) atoms. The van der Waals surface area contributed by atoms with Crippen molar-refractivity contribution in [1.29, 1.82) is 0 Å². The van der Waals surface area contributed by atoms with Crippen LogP contribution in [0.2, 0.25) is 10.0 Å². The second-order valence-corrected chi connectivity index (χ2v) is 11.0. The SMILES string of the molecule is NC(=O)c1nc(N2CCC3(CC2)Cc2ncccc2[C@H]3N)nc2[nH]nc(Sc3cccc(Cl)c3Cl)c12. The number of hydrogen-bond donors (Lipinski definition) is 3. The molecule has 4 heterocycles. The van der Waals surface area contributed by atoms with Crippen molar-refractivity contribution in [3.63, 3.8) is 0 Å². The minimum Gasteiger partial charge on any atom is -0.364 e. The van der Waals surface area contributed by atoms with Gasteiger partial charge in [0.1, 0.15) is 10.7 Å². The number of carbonyl (C=O) groups excluding carboxylic acids is 1. The van der Waals surface area contributed by atoms with Gasteiger partial charge in [-0.15, -0.1) is 0 Å². The zero-order chi connectivity index (χ0) is 25.0. The normalized spacial score (nSPS) is 18.6. The Balaban J connectivity index is 1.29. The van der Waals surface area contributed by atoms with Crippen molar-refractivity contribution >= 4 is 57.9 Å². The summed E-state index contributed by atoms with van der Waals surface area (Å²) in [6, 6.07) is 9.30. The zero-order valence-electron chi connectivity index (χ0n) is 19.0. The van der Waals surface area contributed by atoms with Crippen LogP contribution in [-0.2, 0) is 6.42 Å². The monoisotopic (exact) mass is 540 g/mol. The summed E-state index contributed by atoms with van der Waals surface area (Å²) in [6.45, 7) is 1.42. The van der Waals surface area contributed by atoms with Crippen LogP contribution in [0.15, 0.2) is 46.5 Å². The first kappa shape index (κ1) is 23.5. The molecule has 2 aliphatic rings. The fourth-order valence-electron chi connectivity index (χ4n) is 5.25. The molecule has 4 aromatic rings. The van der Waals surface area contributed by atoms with Crippen LogP contribution in [-0.4, -0.2) is 44.1 Å². The third-order valence-corrected chi connectivity index (χ3v) is 9.19. The summed E-state index contributed by atoms with van der Waals surface area (Å²) in [6.07, 6.45) is 4.44. The Bertz CT molecular complexity index is 1500. The number of benzene rings is 1. The van der Waals surface area contributed by atoms with E-state index < -0.39 is 5.91 Å². The number of fused-ring (bicyclic) bond motifs is 2. The average Bonchev–Trinajstić information content (AvgIpc) is 3.40. The maximum absolute atomic E-state index is 12.4. The molecule has 184 valence electrons. The average molecular weight is 541 g/mol. The number of amides is 1. The highest BCUT2D eigenvalue weighted by atomic mass is 35.5. The number of piperidine rings is 1. The maximum atomic E-state index is 12.4. The summed E-state index contributed by atoms with van der Waals surface area (Å²) < 4.78 is 0. The third-order valence-electron chi connectivity index (χ3n) is 7.21. The summed E-state index contributed by atoms with van der Waals surface area (Å²) in [5.41, 5.74) is 15.2. The second kappa shape index (κ2) is 8.88. The number of halogens is 2. The first-order valence-corrected chi connectivity index (χ1v) is 13.1. The van der Waals surface area contributed by atoms with Gasteiger partial charge in [0, 0.05) is 35.9 Å². The van der Waals surface area contributed by atoms with E-state index in [1.807, 2.05) is 18.3 Å². The van der Waals surface area contributed by atoms with E-state index >= 15 is 0 Å². The molecule has 3 aromatic heterocycles. The van der Waals surface area contributed by atoms with E-state index in [0.29, 0.717) is 50.0 Å². The number of nitrogens with two attached hydrogens (primary N) is 2. The van der Waals surface area contributed by atoms with E-state index in [4.69, 9.17) is 39.7 Å². The van der Waals surface area contributed by atoms with Crippen molar-refractivity contribution in [2.45, 2.75) is 35.2 Å². The van der Waals surface area contributed by atoms with Crippen LogP contribution in [0.25, 0.3) is 11.0 Å². The summed E-state index contributed by atoms with van der Waals surface area (Å²) in [7, 11) is 0. The molecule has 1 fully saturated rings. The molecule has 0 unspecified atom stereocenters. The van der Waals surface area contributed by atoms with Crippen LogP contribution in [0.3, 0.4) is 0 Å². The Morgan fingerprint density at radius 3 is 2.72 bits per heavy atom. The van der Waals surface area contributed by atoms with Gasteiger partial charge < -0.3 is 16.4 Å². The van der Waals surface area contributed by atoms with Crippen molar-refractivity contribution in [3.8, 4) is 0 Å². The molecule has 1 atom stereocenters. The first-order valence-electron chi connectivity index (χ1n) is 11.5. The lowest BCUT2D eigenvalue weighted by Crippen LogP contribution is -2.45. The largest absolute Gasteiger partial charge is 0.364 e. The number of nitrogens with one attached hydrogen (secondary N) is 1.